The number of carbonyl (C=O) groups is 1. The van der Waals surface area contributed by atoms with Crippen LogP contribution in [-0.4, -0.2) is 46.9 Å². The van der Waals surface area contributed by atoms with Gasteiger partial charge >= 0.3 is 6.18 Å². The third kappa shape index (κ3) is 4.58. The quantitative estimate of drug-likeness (QED) is 0.737. The van der Waals surface area contributed by atoms with Gasteiger partial charge in [0.1, 0.15) is 6.61 Å². The highest BCUT2D eigenvalue weighted by molar-refractivity contribution is 5.96. The Balaban J connectivity index is 1.42. The maximum atomic E-state index is 14.6. The average molecular weight is 426 g/mol. The van der Waals surface area contributed by atoms with E-state index in [9.17, 15) is 22.4 Å². The summed E-state index contributed by atoms with van der Waals surface area (Å²) in [6, 6.07) is 2.35. The normalized spacial score (nSPS) is 21.2. The van der Waals surface area contributed by atoms with Gasteiger partial charge in [0.05, 0.1) is 31.3 Å². The maximum Gasteiger partial charge on any atom is 0.401 e. The molecule has 1 aliphatic heterocycles. The van der Waals surface area contributed by atoms with Crippen LogP contribution in [0, 0.1) is 5.82 Å². The van der Waals surface area contributed by atoms with Crippen LogP contribution in [0.4, 0.5) is 17.6 Å². The zero-order valence-electron chi connectivity index (χ0n) is 16.1. The standard InChI is InChI=1S/C20H22F4N4O2/c21-16-8-12(7-15-17-9-25-11-28(17)5-6-30-18(15)16)19(29)27-14-3-1-13(2-4-14)26-10-20(22,23)24/h7-9,11,13-14,26H,1-6,10H2,(H,27,29). The highest BCUT2D eigenvalue weighted by atomic mass is 19.4. The Hall–Kier alpha value is -2.62. The fourth-order valence-electron chi connectivity index (χ4n) is 4.00. The molecule has 2 aliphatic rings. The van der Waals surface area contributed by atoms with E-state index in [1.54, 1.807) is 18.6 Å². The molecular weight excluding hydrogens is 404 g/mol. The van der Waals surface area contributed by atoms with Crippen LogP contribution >= 0.6 is 0 Å². The SMILES string of the molecule is O=C(NC1CCC(NCC(F)(F)F)CC1)c1cc(F)c2c(c1)-c1cncn1CCO2. The van der Waals surface area contributed by atoms with Crippen LogP contribution in [0.2, 0.25) is 0 Å². The molecule has 1 saturated carbocycles. The number of aromatic nitrogens is 2. The van der Waals surface area contributed by atoms with Gasteiger partial charge in [-0.3, -0.25) is 4.79 Å². The summed E-state index contributed by atoms with van der Waals surface area (Å²) >= 11 is 0. The van der Waals surface area contributed by atoms with Crippen LogP contribution < -0.4 is 15.4 Å². The highest BCUT2D eigenvalue weighted by Crippen LogP contribution is 2.35. The molecule has 0 radical (unpaired) electrons. The van der Waals surface area contributed by atoms with Crippen molar-refractivity contribution in [2.75, 3.05) is 13.2 Å². The van der Waals surface area contributed by atoms with Gasteiger partial charge in [-0.2, -0.15) is 13.2 Å². The number of alkyl halides is 3. The zero-order valence-corrected chi connectivity index (χ0v) is 16.1. The summed E-state index contributed by atoms with van der Waals surface area (Å²) in [5, 5.41) is 5.39. The van der Waals surface area contributed by atoms with Crippen LogP contribution in [0.3, 0.4) is 0 Å². The largest absolute Gasteiger partial charge is 0.488 e. The molecule has 1 aromatic heterocycles. The molecular formula is C20H22F4N4O2. The summed E-state index contributed by atoms with van der Waals surface area (Å²) < 4.78 is 59.0. The Bertz CT molecular complexity index is 920. The smallest absolute Gasteiger partial charge is 0.401 e. The first kappa shape index (κ1) is 20.6. The van der Waals surface area contributed by atoms with Gasteiger partial charge < -0.3 is 19.9 Å². The van der Waals surface area contributed by atoms with Crippen LogP contribution in [-0.2, 0) is 6.54 Å². The number of nitrogens with one attached hydrogen (secondary N) is 2. The number of benzene rings is 1. The van der Waals surface area contributed by atoms with E-state index in [1.165, 1.54) is 0 Å². The summed E-state index contributed by atoms with van der Waals surface area (Å²) in [5.74, 6) is -0.937. The van der Waals surface area contributed by atoms with Crippen molar-refractivity contribution in [3.63, 3.8) is 0 Å². The highest BCUT2D eigenvalue weighted by Gasteiger charge is 2.30. The summed E-state index contributed by atoms with van der Waals surface area (Å²) in [6.45, 7) is -0.192. The van der Waals surface area contributed by atoms with Gasteiger partial charge in [0.15, 0.2) is 11.6 Å². The Morgan fingerprint density at radius 3 is 2.67 bits per heavy atom. The monoisotopic (exact) mass is 426 g/mol. The molecule has 2 heterocycles. The van der Waals surface area contributed by atoms with Crippen LogP contribution in [0.1, 0.15) is 36.0 Å². The van der Waals surface area contributed by atoms with Gasteiger partial charge in [-0.05, 0) is 37.8 Å². The maximum absolute atomic E-state index is 14.6. The molecule has 1 aromatic carbocycles. The molecule has 1 fully saturated rings. The Morgan fingerprint density at radius 1 is 1.20 bits per heavy atom. The fraction of sp³-hybridized carbons (Fsp3) is 0.500. The lowest BCUT2D eigenvalue weighted by Gasteiger charge is -2.30. The molecule has 0 bridgehead atoms. The molecule has 1 aliphatic carbocycles. The minimum Gasteiger partial charge on any atom is -0.488 e. The Morgan fingerprint density at radius 2 is 1.93 bits per heavy atom. The van der Waals surface area contributed by atoms with Crippen molar-refractivity contribution in [2.24, 2.45) is 0 Å². The van der Waals surface area contributed by atoms with Crippen molar-refractivity contribution in [3.8, 4) is 17.0 Å². The minimum atomic E-state index is -4.24. The van der Waals surface area contributed by atoms with Crippen molar-refractivity contribution in [1.82, 2.24) is 20.2 Å². The minimum absolute atomic E-state index is 0.0991. The third-order valence-electron chi connectivity index (χ3n) is 5.53. The summed E-state index contributed by atoms with van der Waals surface area (Å²) in [4.78, 5) is 16.8. The van der Waals surface area contributed by atoms with E-state index in [4.69, 9.17) is 4.74 Å². The lowest BCUT2D eigenvalue weighted by molar-refractivity contribution is -0.126. The number of halogens is 4. The second-order valence-corrected chi connectivity index (χ2v) is 7.67. The van der Waals surface area contributed by atoms with Crippen LogP contribution in [0.15, 0.2) is 24.7 Å². The number of carbonyl (C=O) groups excluding carboxylic acids is 1. The van der Waals surface area contributed by atoms with Gasteiger partial charge in [-0.15, -0.1) is 0 Å². The molecule has 0 atom stereocenters. The first-order valence-corrected chi connectivity index (χ1v) is 9.88. The lowest BCUT2D eigenvalue weighted by atomic mass is 9.91. The summed E-state index contributed by atoms with van der Waals surface area (Å²) in [7, 11) is 0. The van der Waals surface area contributed by atoms with Crippen molar-refractivity contribution >= 4 is 5.91 Å². The van der Waals surface area contributed by atoms with Crippen molar-refractivity contribution in [2.45, 2.75) is 50.5 Å². The van der Waals surface area contributed by atoms with Crippen molar-refractivity contribution in [1.29, 1.82) is 0 Å². The Kier molecular flexibility index (Phi) is 5.68. The molecule has 2 aromatic rings. The summed E-state index contributed by atoms with van der Waals surface area (Å²) in [6.07, 6.45) is 1.18. The number of hydrogen-bond acceptors (Lipinski definition) is 4. The van der Waals surface area contributed by atoms with E-state index in [0.29, 0.717) is 50.1 Å². The number of fused-ring (bicyclic) bond motifs is 3. The molecule has 6 nitrogen and oxygen atoms in total. The van der Waals surface area contributed by atoms with E-state index in [0.717, 1.165) is 6.07 Å². The molecule has 0 saturated heterocycles. The second-order valence-electron chi connectivity index (χ2n) is 7.67. The van der Waals surface area contributed by atoms with Crippen LogP contribution in [0.5, 0.6) is 5.75 Å². The number of hydrogen-bond donors (Lipinski definition) is 2. The van der Waals surface area contributed by atoms with E-state index in [2.05, 4.69) is 15.6 Å². The van der Waals surface area contributed by atoms with E-state index in [-0.39, 0.29) is 23.4 Å². The molecule has 0 spiro atoms. The number of imidazole rings is 1. The number of ether oxygens (including phenoxy) is 1. The molecule has 0 unspecified atom stereocenters. The predicted molar refractivity (Wildman–Crippen MR) is 101 cm³/mol. The molecule has 4 rings (SSSR count). The van der Waals surface area contributed by atoms with Crippen molar-refractivity contribution < 1.29 is 27.1 Å². The van der Waals surface area contributed by atoms with E-state index >= 15 is 0 Å². The van der Waals surface area contributed by atoms with Gasteiger partial charge in [-0.1, -0.05) is 0 Å². The fourth-order valence-corrected chi connectivity index (χ4v) is 4.00. The second kappa shape index (κ2) is 8.25. The molecule has 1 amide bonds. The van der Waals surface area contributed by atoms with Gasteiger partial charge in [0.25, 0.3) is 5.91 Å². The Labute approximate surface area is 170 Å². The number of nitrogens with zero attached hydrogens (tertiary/aromatic N) is 2. The average Bonchev–Trinajstić information content (AvgIpc) is 3.09. The molecule has 10 heteroatoms. The summed E-state index contributed by atoms with van der Waals surface area (Å²) in [5.41, 5.74) is 1.31. The first-order chi connectivity index (χ1) is 14.3. The topological polar surface area (TPSA) is 68.2 Å². The first-order valence-electron chi connectivity index (χ1n) is 9.88. The predicted octanol–water partition coefficient (Wildman–Crippen LogP) is 3.27. The zero-order chi connectivity index (χ0) is 21.3. The third-order valence-corrected chi connectivity index (χ3v) is 5.53. The van der Waals surface area contributed by atoms with Gasteiger partial charge in [0.2, 0.25) is 0 Å². The lowest BCUT2D eigenvalue weighted by Crippen LogP contribution is -2.44. The van der Waals surface area contributed by atoms with Gasteiger partial charge in [0, 0.05) is 23.2 Å². The van der Waals surface area contributed by atoms with Crippen LogP contribution in [0.25, 0.3) is 11.3 Å². The van der Waals surface area contributed by atoms with E-state index in [1.807, 2.05) is 4.57 Å². The number of amides is 1. The molecule has 30 heavy (non-hydrogen) atoms. The number of rotatable bonds is 4. The van der Waals surface area contributed by atoms with Gasteiger partial charge in [-0.25, -0.2) is 9.37 Å². The molecule has 162 valence electrons. The van der Waals surface area contributed by atoms with E-state index < -0.39 is 24.4 Å². The molecule has 2 N–H and O–H groups in total. The van der Waals surface area contributed by atoms with Crippen molar-refractivity contribution in [3.05, 3.63) is 36.0 Å².